The van der Waals surface area contributed by atoms with E-state index in [1.807, 2.05) is 45.2 Å². The number of thioether (sulfide) groups is 1. The number of carbonyl (C=O) groups excluding carboxylic acids is 2. The summed E-state index contributed by atoms with van der Waals surface area (Å²) in [5, 5.41) is 20.1. The predicted octanol–water partition coefficient (Wildman–Crippen LogP) is 4.75. The zero-order valence-electron chi connectivity index (χ0n) is 13.4. The number of hydrogen-bond donors (Lipinski definition) is 1. The van der Waals surface area contributed by atoms with Gasteiger partial charge in [0, 0.05) is 12.1 Å². The average Bonchev–Trinajstić information content (AvgIpc) is 2.87. The predicted molar refractivity (Wildman–Crippen MR) is 118 cm³/mol. The number of benzene rings is 2. The Morgan fingerprint density at radius 3 is 2.30 bits per heavy atom. The Hall–Kier alpha value is -1.67. The van der Waals surface area contributed by atoms with E-state index < -0.39 is 16.1 Å². The van der Waals surface area contributed by atoms with Crippen LogP contribution in [0.15, 0.2) is 41.3 Å². The third-order valence-electron chi connectivity index (χ3n) is 3.70. The quantitative estimate of drug-likeness (QED) is 0.233. The van der Waals surface area contributed by atoms with Crippen LogP contribution in [0.25, 0.3) is 6.08 Å². The van der Waals surface area contributed by atoms with Crippen LogP contribution in [0.1, 0.15) is 11.1 Å². The van der Waals surface area contributed by atoms with Crippen LogP contribution in [0.3, 0.4) is 0 Å². The van der Waals surface area contributed by atoms with Gasteiger partial charge in [-0.15, -0.1) is 0 Å². The number of carbonyl (C=O) groups is 2. The van der Waals surface area contributed by atoms with Crippen molar-refractivity contribution < 1.29 is 19.6 Å². The fourth-order valence-electron chi connectivity index (χ4n) is 2.36. The molecule has 0 saturated carbocycles. The first-order valence-electron chi connectivity index (χ1n) is 7.43. The Kier molecular flexibility index (Phi) is 6.05. The Bertz CT molecular complexity index is 968. The molecule has 7 nitrogen and oxygen atoms in total. The number of amides is 2. The molecule has 138 valence electrons. The van der Waals surface area contributed by atoms with Crippen molar-refractivity contribution in [1.82, 2.24) is 4.90 Å². The lowest BCUT2D eigenvalue weighted by Gasteiger charge is -2.12. The Morgan fingerprint density at radius 2 is 1.74 bits per heavy atom. The number of halogens is 2. The maximum atomic E-state index is 12.6. The fraction of sp³-hybridized carbons (Fsp3) is 0.0588. The topological polar surface area (TPSA) is 101 Å². The van der Waals surface area contributed by atoms with Crippen LogP contribution in [-0.2, 0) is 11.3 Å². The lowest BCUT2D eigenvalue weighted by Crippen LogP contribution is -2.27. The molecule has 0 atom stereocenters. The second kappa shape index (κ2) is 8.14. The molecular weight excluding hydrogens is 598 g/mol. The van der Waals surface area contributed by atoms with E-state index in [1.165, 1.54) is 24.3 Å². The Labute approximate surface area is 185 Å². The molecule has 0 radical (unpaired) electrons. The highest BCUT2D eigenvalue weighted by atomic mass is 127. The summed E-state index contributed by atoms with van der Waals surface area (Å²) in [4.78, 5) is 36.4. The average molecular weight is 608 g/mol. The van der Waals surface area contributed by atoms with E-state index in [0.29, 0.717) is 23.2 Å². The largest absolute Gasteiger partial charge is 0.506 e. The standard InChI is InChI=1S/C17H10I2N2O5S/c18-12-5-10(6-13(19)15(12)22)7-14-16(23)20(17(24)27-14)8-9-1-3-11(4-2-9)21(25)26/h1-7,22H,8H2/b14-7-. The van der Waals surface area contributed by atoms with Crippen molar-refractivity contribution in [1.29, 1.82) is 0 Å². The summed E-state index contributed by atoms with van der Waals surface area (Å²) in [5.74, 6) is -0.235. The molecule has 0 aliphatic carbocycles. The number of aromatic hydroxyl groups is 1. The van der Waals surface area contributed by atoms with Gasteiger partial charge in [0.2, 0.25) is 0 Å². The zero-order chi connectivity index (χ0) is 19.7. The molecule has 1 N–H and O–H groups in total. The molecular formula is C17H10I2N2O5S. The van der Waals surface area contributed by atoms with Crippen molar-refractivity contribution in [3.63, 3.8) is 0 Å². The summed E-state index contributed by atoms with van der Waals surface area (Å²) in [5.41, 5.74) is 1.28. The van der Waals surface area contributed by atoms with Crippen LogP contribution in [0, 0.1) is 17.3 Å². The number of phenolic OH excluding ortho intramolecular Hbond substituents is 1. The van der Waals surface area contributed by atoms with Crippen molar-refractivity contribution in [2.24, 2.45) is 0 Å². The lowest BCUT2D eigenvalue weighted by atomic mass is 10.2. The lowest BCUT2D eigenvalue weighted by molar-refractivity contribution is -0.384. The maximum Gasteiger partial charge on any atom is 0.293 e. The highest BCUT2D eigenvalue weighted by Gasteiger charge is 2.35. The molecule has 27 heavy (non-hydrogen) atoms. The van der Waals surface area contributed by atoms with Gasteiger partial charge in [-0.2, -0.15) is 0 Å². The van der Waals surface area contributed by atoms with Gasteiger partial charge >= 0.3 is 0 Å². The summed E-state index contributed by atoms with van der Waals surface area (Å²) in [6.45, 7) is 0.0463. The zero-order valence-corrected chi connectivity index (χ0v) is 18.5. The number of nitro groups is 1. The third kappa shape index (κ3) is 4.43. The van der Waals surface area contributed by atoms with Crippen LogP contribution in [0.5, 0.6) is 5.75 Å². The molecule has 2 aromatic carbocycles. The van der Waals surface area contributed by atoms with Crippen LogP contribution in [-0.4, -0.2) is 26.1 Å². The first-order valence-corrected chi connectivity index (χ1v) is 10.4. The summed E-state index contributed by atoms with van der Waals surface area (Å²) >= 11 is 4.84. The van der Waals surface area contributed by atoms with Crippen LogP contribution in [0.2, 0.25) is 0 Å². The Morgan fingerprint density at radius 1 is 1.15 bits per heavy atom. The van der Waals surface area contributed by atoms with Gasteiger partial charge in [-0.3, -0.25) is 24.6 Å². The number of nitrogens with zero attached hydrogens (tertiary/aromatic N) is 2. The molecule has 3 rings (SSSR count). The van der Waals surface area contributed by atoms with Crippen molar-refractivity contribution in [3.8, 4) is 5.75 Å². The summed E-state index contributed by atoms with van der Waals surface area (Å²) in [6, 6.07) is 9.17. The summed E-state index contributed by atoms with van der Waals surface area (Å²) in [6.07, 6.45) is 1.62. The molecule has 0 aromatic heterocycles. The normalized spacial score (nSPS) is 15.6. The SMILES string of the molecule is O=C1S/C(=C\c2cc(I)c(O)c(I)c2)C(=O)N1Cc1ccc([N+](=O)[O-])cc1. The van der Waals surface area contributed by atoms with Gasteiger partial charge in [-0.05, 0) is 86.3 Å². The van der Waals surface area contributed by atoms with Crippen LogP contribution in [0.4, 0.5) is 10.5 Å². The van der Waals surface area contributed by atoms with Crippen LogP contribution >= 0.6 is 56.9 Å². The van der Waals surface area contributed by atoms with Gasteiger partial charge in [-0.1, -0.05) is 12.1 Å². The van der Waals surface area contributed by atoms with Gasteiger partial charge < -0.3 is 5.11 Å². The van der Waals surface area contributed by atoms with E-state index in [2.05, 4.69) is 0 Å². The Balaban J connectivity index is 1.81. The molecule has 0 bridgehead atoms. The second-order valence-electron chi connectivity index (χ2n) is 5.52. The molecule has 1 heterocycles. The van der Waals surface area contributed by atoms with E-state index in [4.69, 9.17) is 0 Å². The van der Waals surface area contributed by atoms with E-state index in [1.54, 1.807) is 18.2 Å². The number of nitro benzene ring substituents is 1. The van der Waals surface area contributed by atoms with Gasteiger partial charge in [0.1, 0.15) is 5.75 Å². The molecule has 2 amide bonds. The second-order valence-corrected chi connectivity index (χ2v) is 8.84. The van der Waals surface area contributed by atoms with Crippen molar-refractivity contribution >= 4 is 79.9 Å². The minimum Gasteiger partial charge on any atom is -0.506 e. The maximum absolute atomic E-state index is 12.6. The highest BCUT2D eigenvalue weighted by molar-refractivity contribution is 14.1. The molecule has 1 aliphatic rings. The molecule has 10 heteroatoms. The number of imide groups is 1. The minimum atomic E-state index is -0.507. The first-order chi connectivity index (χ1) is 12.8. The molecule has 0 unspecified atom stereocenters. The molecule has 2 aromatic rings. The van der Waals surface area contributed by atoms with E-state index >= 15 is 0 Å². The number of non-ortho nitro benzene ring substituents is 1. The smallest absolute Gasteiger partial charge is 0.293 e. The minimum absolute atomic E-state index is 0.0463. The van der Waals surface area contributed by atoms with Crippen molar-refractivity contribution in [3.05, 3.63) is 69.7 Å². The number of rotatable bonds is 4. The summed E-state index contributed by atoms with van der Waals surface area (Å²) < 4.78 is 1.30. The van der Waals surface area contributed by atoms with E-state index in [0.717, 1.165) is 16.7 Å². The van der Waals surface area contributed by atoms with Gasteiger partial charge in [0.15, 0.2) is 0 Å². The third-order valence-corrected chi connectivity index (χ3v) is 6.25. The monoisotopic (exact) mass is 608 g/mol. The highest BCUT2D eigenvalue weighted by Crippen LogP contribution is 2.35. The number of hydrogen-bond acceptors (Lipinski definition) is 6. The first kappa shape index (κ1) is 20.1. The van der Waals surface area contributed by atoms with Crippen molar-refractivity contribution in [2.45, 2.75) is 6.54 Å². The van der Waals surface area contributed by atoms with E-state index in [9.17, 15) is 24.8 Å². The summed E-state index contributed by atoms with van der Waals surface area (Å²) in [7, 11) is 0. The van der Waals surface area contributed by atoms with E-state index in [-0.39, 0.29) is 18.0 Å². The molecule has 1 fully saturated rings. The molecule has 1 saturated heterocycles. The fourth-order valence-corrected chi connectivity index (χ4v) is 5.02. The molecule has 0 spiro atoms. The van der Waals surface area contributed by atoms with Crippen LogP contribution < -0.4 is 0 Å². The van der Waals surface area contributed by atoms with Gasteiger partial charge in [0.05, 0.1) is 23.5 Å². The van der Waals surface area contributed by atoms with Gasteiger partial charge in [-0.25, -0.2) is 0 Å². The molecule has 1 aliphatic heterocycles. The van der Waals surface area contributed by atoms with Crippen molar-refractivity contribution in [2.75, 3.05) is 0 Å². The van der Waals surface area contributed by atoms with Gasteiger partial charge in [0.25, 0.3) is 16.8 Å². The number of phenols is 1.